The molecule has 0 bridgehead atoms. The fraction of sp³-hybridized carbons (Fsp3) is 0.476. The highest BCUT2D eigenvalue weighted by atomic mass is 16.4. The van der Waals surface area contributed by atoms with Gasteiger partial charge in [-0.25, -0.2) is 0 Å². The average molecular weight is 339 g/mol. The molecular weight excluding hydrogens is 314 g/mol. The summed E-state index contributed by atoms with van der Waals surface area (Å²) in [6.45, 7) is 4.11. The van der Waals surface area contributed by atoms with Crippen LogP contribution < -0.4 is 0 Å². The van der Waals surface area contributed by atoms with Crippen LogP contribution in [0.15, 0.2) is 34.7 Å². The molecule has 2 aromatic rings. The topological polar surface area (TPSA) is 53.7 Å². The molecule has 1 N–H and O–H groups in total. The van der Waals surface area contributed by atoms with Crippen molar-refractivity contribution < 1.29 is 14.3 Å². The fourth-order valence-corrected chi connectivity index (χ4v) is 4.27. The van der Waals surface area contributed by atoms with Crippen molar-refractivity contribution in [3.63, 3.8) is 0 Å². The molecule has 132 valence electrons. The largest absolute Gasteiger partial charge is 0.481 e. The molecule has 1 fully saturated rings. The Balaban J connectivity index is 1.50. The molecule has 0 unspecified atom stereocenters. The molecule has 4 rings (SSSR count). The number of carboxylic acid groups (broad SMARTS) is 1. The van der Waals surface area contributed by atoms with Crippen LogP contribution in [0.5, 0.6) is 0 Å². The van der Waals surface area contributed by atoms with E-state index in [1.54, 1.807) is 0 Å². The number of rotatable bonds is 4. The number of benzene rings is 1. The van der Waals surface area contributed by atoms with Crippen molar-refractivity contribution in [3.05, 3.63) is 58.5 Å². The monoisotopic (exact) mass is 339 g/mol. The number of aliphatic carboxylic acids is 1. The van der Waals surface area contributed by atoms with Gasteiger partial charge >= 0.3 is 5.97 Å². The molecular formula is C21H25NO3. The van der Waals surface area contributed by atoms with Gasteiger partial charge in [-0.2, -0.15) is 0 Å². The number of nitrogens with zero attached hydrogens (tertiary/aromatic N) is 1. The predicted octanol–water partition coefficient (Wildman–Crippen LogP) is 3.77. The van der Waals surface area contributed by atoms with Crippen LogP contribution in [0, 0.1) is 12.8 Å². The van der Waals surface area contributed by atoms with Gasteiger partial charge in [-0.15, -0.1) is 0 Å². The zero-order valence-electron chi connectivity index (χ0n) is 14.7. The van der Waals surface area contributed by atoms with Gasteiger partial charge in [0.15, 0.2) is 0 Å². The average Bonchev–Trinajstić information content (AvgIpc) is 3.19. The first-order chi connectivity index (χ1) is 12.1. The molecule has 4 nitrogen and oxygen atoms in total. The van der Waals surface area contributed by atoms with E-state index in [1.807, 2.05) is 0 Å². The Morgan fingerprint density at radius 1 is 1.20 bits per heavy atom. The summed E-state index contributed by atoms with van der Waals surface area (Å²) < 4.78 is 6.03. The van der Waals surface area contributed by atoms with Crippen LogP contribution in [-0.4, -0.2) is 29.1 Å². The van der Waals surface area contributed by atoms with E-state index < -0.39 is 5.97 Å². The number of hydrogen-bond donors (Lipinski definition) is 1. The molecule has 1 aliphatic heterocycles. The second-order valence-corrected chi connectivity index (χ2v) is 7.52. The molecule has 1 saturated heterocycles. The van der Waals surface area contributed by atoms with Gasteiger partial charge in [0.1, 0.15) is 11.5 Å². The standard InChI is InChI=1S/C21H25NO3/c1-14-6-8-15(9-7-14)18-12-22(13-19(18)21(23)24)11-17-10-16-4-2-3-5-20(16)25-17/h6-10,18-19H,2-5,11-13H2,1H3,(H,23,24)/t18-,19+/m0/s1. The molecule has 2 atom stereocenters. The second kappa shape index (κ2) is 6.68. The molecule has 2 heterocycles. The zero-order chi connectivity index (χ0) is 17.4. The lowest BCUT2D eigenvalue weighted by Crippen LogP contribution is -2.23. The van der Waals surface area contributed by atoms with E-state index in [0.29, 0.717) is 13.1 Å². The van der Waals surface area contributed by atoms with Crippen molar-refractivity contribution in [1.82, 2.24) is 4.90 Å². The summed E-state index contributed by atoms with van der Waals surface area (Å²) in [5, 5.41) is 9.67. The van der Waals surface area contributed by atoms with Gasteiger partial charge in [-0.1, -0.05) is 29.8 Å². The molecule has 0 spiro atoms. The van der Waals surface area contributed by atoms with Crippen molar-refractivity contribution in [2.24, 2.45) is 5.92 Å². The van der Waals surface area contributed by atoms with Crippen molar-refractivity contribution in [3.8, 4) is 0 Å². The molecule has 2 aliphatic rings. The summed E-state index contributed by atoms with van der Waals surface area (Å²) in [6, 6.07) is 10.5. The van der Waals surface area contributed by atoms with Gasteiger partial charge < -0.3 is 9.52 Å². The molecule has 0 radical (unpaired) electrons. The number of likely N-dealkylation sites (tertiary alicyclic amines) is 1. The van der Waals surface area contributed by atoms with Gasteiger partial charge in [0.2, 0.25) is 0 Å². The van der Waals surface area contributed by atoms with E-state index in [2.05, 4.69) is 42.2 Å². The Morgan fingerprint density at radius 3 is 2.68 bits per heavy atom. The normalized spacial score (nSPS) is 23.6. The van der Waals surface area contributed by atoms with Crippen molar-refractivity contribution in [2.75, 3.05) is 13.1 Å². The number of furan rings is 1. The van der Waals surface area contributed by atoms with Gasteiger partial charge in [-0.05, 0) is 43.4 Å². The minimum absolute atomic E-state index is 0.0442. The van der Waals surface area contributed by atoms with Gasteiger partial charge in [0, 0.05) is 25.4 Å². The SMILES string of the molecule is Cc1ccc([C@@H]2CN(Cc3cc4c(o3)CCCC4)C[C@H]2C(=O)O)cc1. The second-order valence-electron chi connectivity index (χ2n) is 7.52. The number of hydrogen-bond acceptors (Lipinski definition) is 3. The highest BCUT2D eigenvalue weighted by molar-refractivity contribution is 5.72. The lowest BCUT2D eigenvalue weighted by molar-refractivity contribution is -0.141. The summed E-state index contributed by atoms with van der Waals surface area (Å²) >= 11 is 0. The van der Waals surface area contributed by atoms with Crippen molar-refractivity contribution in [1.29, 1.82) is 0 Å². The van der Waals surface area contributed by atoms with E-state index in [-0.39, 0.29) is 11.8 Å². The third-order valence-corrected chi connectivity index (χ3v) is 5.65. The molecule has 4 heteroatoms. The summed E-state index contributed by atoms with van der Waals surface area (Å²) in [5.74, 6) is 1.12. The minimum Gasteiger partial charge on any atom is -0.481 e. The molecule has 0 amide bonds. The predicted molar refractivity (Wildman–Crippen MR) is 95.7 cm³/mol. The maximum atomic E-state index is 11.8. The zero-order valence-corrected chi connectivity index (χ0v) is 14.7. The molecule has 1 aromatic carbocycles. The van der Waals surface area contributed by atoms with Crippen LogP contribution in [0.3, 0.4) is 0 Å². The van der Waals surface area contributed by atoms with Gasteiger partial charge in [0.05, 0.1) is 12.5 Å². The molecule has 0 saturated carbocycles. The van der Waals surface area contributed by atoms with E-state index >= 15 is 0 Å². The van der Waals surface area contributed by atoms with Gasteiger partial charge in [-0.3, -0.25) is 9.69 Å². The summed E-state index contributed by atoms with van der Waals surface area (Å²) in [7, 11) is 0. The smallest absolute Gasteiger partial charge is 0.308 e. The third-order valence-electron chi connectivity index (χ3n) is 5.65. The Kier molecular flexibility index (Phi) is 4.38. The molecule has 1 aromatic heterocycles. The van der Waals surface area contributed by atoms with Gasteiger partial charge in [0.25, 0.3) is 0 Å². The summed E-state index contributed by atoms with van der Waals surface area (Å²) in [5.41, 5.74) is 3.68. The van der Waals surface area contributed by atoms with E-state index in [0.717, 1.165) is 36.5 Å². The van der Waals surface area contributed by atoms with Crippen molar-refractivity contribution >= 4 is 5.97 Å². The first kappa shape index (κ1) is 16.4. The Bertz CT molecular complexity index is 738. The van der Waals surface area contributed by atoms with Crippen LogP contribution in [0.25, 0.3) is 0 Å². The van der Waals surface area contributed by atoms with Crippen LogP contribution in [0.4, 0.5) is 0 Å². The van der Waals surface area contributed by atoms with E-state index in [1.165, 1.54) is 24.0 Å². The summed E-state index contributed by atoms with van der Waals surface area (Å²) in [4.78, 5) is 14.0. The molecule has 25 heavy (non-hydrogen) atoms. The van der Waals surface area contributed by atoms with Crippen LogP contribution >= 0.6 is 0 Å². The highest BCUT2D eigenvalue weighted by Crippen LogP contribution is 2.34. The minimum atomic E-state index is -0.702. The third kappa shape index (κ3) is 3.36. The molecule has 1 aliphatic carbocycles. The fourth-order valence-electron chi connectivity index (χ4n) is 4.27. The Morgan fingerprint density at radius 2 is 1.96 bits per heavy atom. The summed E-state index contributed by atoms with van der Waals surface area (Å²) in [6.07, 6.45) is 4.61. The van der Waals surface area contributed by atoms with E-state index in [4.69, 9.17) is 4.42 Å². The maximum Gasteiger partial charge on any atom is 0.308 e. The van der Waals surface area contributed by atoms with Crippen LogP contribution in [0.2, 0.25) is 0 Å². The Labute approximate surface area is 148 Å². The number of carboxylic acids is 1. The quantitative estimate of drug-likeness (QED) is 0.921. The first-order valence-electron chi connectivity index (χ1n) is 9.22. The number of aryl methyl sites for hydroxylation is 3. The van der Waals surface area contributed by atoms with Crippen molar-refractivity contribution in [2.45, 2.75) is 45.1 Å². The highest BCUT2D eigenvalue weighted by Gasteiger charge is 2.38. The number of fused-ring (bicyclic) bond motifs is 1. The lowest BCUT2D eigenvalue weighted by atomic mass is 9.89. The number of carbonyl (C=O) groups is 1. The van der Waals surface area contributed by atoms with E-state index in [9.17, 15) is 9.90 Å². The Hall–Kier alpha value is -2.07. The van der Waals surface area contributed by atoms with Crippen LogP contribution in [0.1, 0.15) is 47.0 Å². The first-order valence-corrected chi connectivity index (χ1v) is 9.22. The lowest BCUT2D eigenvalue weighted by Gasteiger charge is -2.15. The van der Waals surface area contributed by atoms with Crippen LogP contribution in [-0.2, 0) is 24.2 Å². The maximum absolute atomic E-state index is 11.8.